The molecule has 0 fully saturated rings. The van der Waals surface area contributed by atoms with Gasteiger partial charge < -0.3 is 24.1 Å². The Morgan fingerprint density at radius 3 is 2.60 bits per heavy atom. The fraction of sp³-hybridized carbons (Fsp3) is 0.435. The van der Waals surface area contributed by atoms with Crippen LogP contribution in [0.4, 0.5) is 0 Å². The van der Waals surface area contributed by atoms with Crippen LogP contribution in [0.25, 0.3) is 21.9 Å². The highest BCUT2D eigenvalue weighted by Gasteiger charge is 2.22. The van der Waals surface area contributed by atoms with E-state index in [1.54, 1.807) is 13.0 Å². The van der Waals surface area contributed by atoms with Crippen molar-refractivity contribution >= 4 is 33.8 Å². The lowest BCUT2D eigenvalue weighted by Gasteiger charge is -2.19. The number of fused-ring (bicyclic) bond motifs is 4. The van der Waals surface area contributed by atoms with Gasteiger partial charge in [-0.2, -0.15) is 0 Å². The standard InChI is InChI=1S/C23H25NO6/c1-3-6-17(22(26)27)24-21(25)10-15-12(2)14-9-16-13-7-4-5-8-18(13)29-20(16)11-19(14)30-23(15)28/h9,11,17H,3-8,10H2,1-2H3,(H,24,25)(H,26,27)/p-1/t17-/m0/s1. The molecule has 3 aromatic rings. The van der Waals surface area contributed by atoms with E-state index in [-0.39, 0.29) is 18.4 Å². The Bertz CT molecular complexity index is 1200. The molecule has 0 bridgehead atoms. The number of benzene rings is 1. The number of amides is 1. The highest BCUT2D eigenvalue weighted by atomic mass is 16.4. The van der Waals surface area contributed by atoms with E-state index < -0.39 is 23.5 Å². The van der Waals surface area contributed by atoms with Gasteiger partial charge in [0.2, 0.25) is 5.91 Å². The van der Waals surface area contributed by atoms with Crippen LogP contribution in [-0.4, -0.2) is 17.9 Å². The molecule has 1 aromatic carbocycles. The molecule has 0 radical (unpaired) electrons. The van der Waals surface area contributed by atoms with Crippen molar-refractivity contribution in [2.75, 3.05) is 0 Å². The lowest BCUT2D eigenvalue weighted by Crippen LogP contribution is -2.48. The smallest absolute Gasteiger partial charge is 0.340 e. The molecule has 1 amide bonds. The first-order valence-corrected chi connectivity index (χ1v) is 10.4. The van der Waals surface area contributed by atoms with Crippen molar-refractivity contribution in [3.8, 4) is 0 Å². The number of furan rings is 1. The number of carbonyl (C=O) groups excluding carboxylic acids is 2. The minimum Gasteiger partial charge on any atom is -0.548 e. The summed E-state index contributed by atoms with van der Waals surface area (Å²) in [6.07, 6.45) is 4.69. The van der Waals surface area contributed by atoms with Gasteiger partial charge in [0.05, 0.1) is 24.0 Å². The molecular formula is C23H24NO6-. The van der Waals surface area contributed by atoms with Crippen LogP contribution in [0.3, 0.4) is 0 Å². The quantitative estimate of drug-likeness (QED) is 0.624. The molecule has 1 N–H and O–H groups in total. The molecule has 158 valence electrons. The zero-order valence-corrected chi connectivity index (χ0v) is 17.1. The largest absolute Gasteiger partial charge is 0.548 e. The average molecular weight is 410 g/mol. The maximum Gasteiger partial charge on any atom is 0.340 e. The van der Waals surface area contributed by atoms with Crippen molar-refractivity contribution in [2.45, 2.75) is 64.8 Å². The van der Waals surface area contributed by atoms with E-state index in [2.05, 4.69) is 5.32 Å². The van der Waals surface area contributed by atoms with Crippen molar-refractivity contribution in [3.05, 3.63) is 45.0 Å². The zero-order valence-electron chi connectivity index (χ0n) is 17.1. The molecule has 7 nitrogen and oxygen atoms in total. The molecule has 0 saturated heterocycles. The highest BCUT2D eigenvalue weighted by Crippen LogP contribution is 2.35. The number of rotatable bonds is 6. The monoisotopic (exact) mass is 410 g/mol. The first kappa shape index (κ1) is 20.2. The normalized spacial score (nSPS) is 14.6. The molecule has 2 heterocycles. The van der Waals surface area contributed by atoms with E-state index >= 15 is 0 Å². The minimum absolute atomic E-state index is 0.227. The van der Waals surface area contributed by atoms with Crippen molar-refractivity contribution in [2.24, 2.45) is 0 Å². The lowest BCUT2D eigenvalue weighted by atomic mass is 9.94. The Kier molecular flexibility index (Phi) is 5.37. The molecule has 30 heavy (non-hydrogen) atoms. The molecule has 2 aromatic heterocycles. The van der Waals surface area contributed by atoms with Crippen LogP contribution in [0, 0.1) is 6.92 Å². The summed E-state index contributed by atoms with van der Waals surface area (Å²) in [5, 5.41) is 15.4. The van der Waals surface area contributed by atoms with E-state index in [0.717, 1.165) is 42.2 Å². The fourth-order valence-electron chi connectivity index (χ4n) is 4.29. The summed E-state index contributed by atoms with van der Waals surface area (Å²) in [5.74, 6) is -0.885. The van der Waals surface area contributed by atoms with Crippen molar-refractivity contribution in [1.82, 2.24) is 5.32 Å². The van der Waals surface area contributed by atoms with Crippen LogP contribution >= 0.6 is 0 Å². The van der Waals surface area contributed by atoms with Crippen LogP contribution < -0.4 is 16.0 Å². The molecule has 0 unspecified atom stereocenters. The van der Waals surface area contributed by atoms with Crippen molar-refractivity contribution in [1.29, 1.82) is 0 Å². The topological polar surface area (TPSA) is 113 Å². The van der Waals surface area contributed by atoms with Crippen molar-refractivity contribution in [3.63, 3.8) is 0 Å². The third-order valence-electron chi connectivity index (χ3n) is 5.90. The third kappa shape index (κ3) is 3.60. The van der Waals surface area contributed by atoms with E-state index in [9.17, 15) is 19.5 Å². The Balaban J connectivity index is 1.72. The van der Waals surface area contributed by atoms with Gasteiger partial charge in [-0.25, -0.2) is 4.79 Å². The third-order valence-corrected chi connectivity index (χ3v) is 5.90. The van der Waals surface area contributed by atoms with Gasteiger partial charge >= 0.3 is 5.63 Å². The van der Waals surface area contributed by atoms with E-state index in [0.29, 0.717) is 23.2 Å². The first-order chi connectivity index (χ1) is 14.4. The Labute approximate surface area is 173 Å². The number of aryl methyl sites for hydroxylation is 3. The molecule has 0 saturated carbocycles. The van der Waals surface area contributed by atoms with Gasteiger partial charge in [0, 0.05) is 28.8 Å². The molecule has 1 aliphatic rings. The summed E-state index contributed by atoms with van der Waals surface area (Å²) in [6, 6.07) is 2.64. The second-order valence-corrected chi connectivity index (χ2v) is 7.95. The van der Waals surface area contributed by atoms with Gasteiger partial charge in [-0.05, 0) is 44.2 Å². The van der Waals surface area contributed by atoms with Gasteiger partial charge in [-0.15, -0.1) is 0 Å². The lowest BCUT2D eigenvalue weighted by molar-refractivity contribution is -0.308. The van der Waals surface area contributed by atoms with Crippen LogP contribution in [-0.2, 0) is 28.9 Å². The SMILES string of the molecule is CCC[C@H](NC(=O)Cc1c(C)c2cc3c4c(oc3cc2oc1=O)CCCC4)C(=O)[O-]. The Morgan fingerprint density at radius 1 is 1.13 bits per heavy atom. The predicted octanol–water partition coefficient (Wildman–Crippen LogP) is 2.30. The van der Waals surface area contributed by atoms with Gasteiger partial charge in [-0.1, -0.05) is 13.3 Å². The molecule has 1 atom stereocenters. The maximum absolute atomic E-state index is 12.6. The number of hydrogen-bond donors (Lipinski definition) is 1. The van der Waals surface area contributed by atoms with Gasteiger partial charge in [-0.3, -0.25) is 4.79 Å². The Hall–Kier alpha value is -3.09. The number of carboxylic acids is 1. The second-order valence-electron chi connectivity index (χ2n) is 7.95. The number of carboxylic acid groups (broad SMARTS) is 1. The second kappa shape index (κ2) is 7.97. The number of carbonyl (C=O) groups is 2. The zero-order chi connectivity index (χ0) is 21.4. The van der Waals surface area contributed by atoms with Gasteiger partial charge in [0.15, 0.2) is 0 Å². The van der Waals surface area contributed by atoms with Crippen LogP contribution in [0.15, 0.2) is 25.8 Å². The van der Waals surface area contributed by atoms with E-state index in [1.165, 1.54) is 5.56 Å². The number of hydrogen-bond acceptors (Lipinski definition) is 6. The van der Waals surface area contributed by atoms with Gasteiger partial charge in [0.1, 0.15) is 16.9 Å². The summed E-state index contributed by atoms with van der Waals surface area (Å²) in [4.78, 5) is 36.2. The first-order valence-electron chi connectivity index (χ1n) is 10.4. The average Bonchev–Trinajstić information content (AvgIpc) is 3.07. The van der Waals surface area contributed by atoms with Crippen LogP contribution in [0.2, 0.25) is 0 Å². The van der Waals surface area contributed by atoms with Crippen LogP contribution in [0.1, 0.15) is 55.1 Å². The summed E-state index contributed by atoms with van der Waals surface area (Å²) in [5.41, 5.74) is 2.61. The molecule has 0 spiro atoms. The molecular weight excluding hydrogens is 386 g/mol. The fourth-order valence-corrected chi connectivity index (χ4v) is 4.29. The predicted molar refractivity (Wildman–Crippen MR) is 109 cm³/mol. The summed E-state index contributed by atoms with van der Waals surface area (Å²) in [6.45, 7) is 3.60. The molecule has 0 aliphatic heterocycles. The van der Waals surface area contributed by atoms with E-state index in [1.807, 2.05) is 13.0 Å². The molecule has 1 aliphatic carbocycles. The van der Waals surface area contributed by atoms with E-state index in [4.69, 9.17) is 8.83 Å². The number of aliphatic carboxylic acids is 1. The summed E-state index contributed by atoms with van der Waals surface area (Å²) >= 11 is 0. The summed E-state index contributed by atoms with van der Waals surface area (Å²) in [7, 11) is 0. The minimum atomic E-state index is -1.33. The molecule has 7 heteroatoms. The van der Waals surface area contributed by atoms with Crippen molar-refractivity contribution < 1.29 is 23.5 Å². The maximum atomic E-state index is 12.6. The summed E-state index contributed by atoms with van der Waals surface area (Å²) < 4.78 is 11.5. The van der Waals surface area contributed by atoms with Gasteiger partial charge in [0.25, 0.3) is 0 Å². The highest BCUT2D eigenvalue weighted by molar-refractivity contribution is 5.97. The Morgan fingerprint density at radius 2 is 1.87 bits per heavy atom. The van der Waals surface area contributed by atoms with Crippen LogP contribution in [0.5, 0.6) is 0 Å². The molecule has 4 rings (SSSR count). The number of nitrogens with one attached hydrogen (secondary N) is 1.